The molecule has 1 aliphatic heterocycles. The highest BCUT2D eigenvalue weighted by molar-refractivity contribution is 6.37. The fourth-order valence-corrected chi connectivity index (χ4v) is 3.90. The second kappa shape index (κ2) is 8.55. The van der Waals surface area contributed by atoms with Gasteiger partial charge in [-0.1, -0.05) is 42.5 Å². The van der Waals surface area contributed by atoms with E-state index in [0.29, 0.717) is 29.1 Å². The number of hydrogen-bond donors (Lipinski definition) is 3. The molecule has 0 aliphatic carbocycles. The minimum Gasteiger partial charge on any atom is -0.354 e. The van der Waals surface area contributed by atoms with Gasteiger partial charge < -0.3 is 10.6 Å². The van der Waals surface area contributed by atoms with E-state index in [1.165, 1.54) is 18.2 Å². The minimum absolute atomic E-state index is 0.0902. The van der Waals surface area contributed by atoms with E-state index in [0.717, 1.165) is 16.8 Å². The molecule has 34 heavy (non-hydrogen) atoms. The van der Waals surface area contributed by atoms with Crippen LogP contribution in [0.25, 0.3) is 11.3 Å². The Morgan fingerprint density at radius 3 is 2.41 bits per heavy atom. The zero-order chi connectivity index (χ0) is 23.7. The molecule has 0 saturated heterocycles. The number of H-pyrrole nitrogens is 1. The first-order valence-electron chi connectivity index (χ1n) is 10.5. The summed E-state index contributed by atoms with van der Waals surface area (Å²) in [6, 6.07) is 22.7. The maximum atomic E-state index is 13.0. The topological polar surface area (TPSA) is 122 Å². The molecule has 5 rings (SSSR count). The summed E-state index contributed by atoms with van der Waals surface area (Å²) >= 11 is 0. The number of carbonyl (C=O) groups excluding carboxylic acids is 1. The summed E-state index contributed by atoms with van der Waals surface area (Å²) in [5.41, 5.74) is 4.10. The SMILES string of the molecule is O=C1Nc2ccc([N+](=O)[O-])cc2/C1=C(/Nc1ccc(Cn2ccc(=O)[nH]2)cc1)c1ccccc1. The Hall–Kier alpha value is -4.92. The smallest absolute Gasteiger partial charge is 0.270 e. The van der Waals surface area contributed by atoms with Gasteiger partial charge in [-0.05, 0) is 29.3 Å². The van der Waals surface area contributed by atoms with Gasteiger partial charge in [0.25, 0.3) is 17.2 Å². The number of hydrogen-bond acceptors (Lipinski definition) is 5. The van der Waals surface area contributed by atoms with Crippen LogP contribution in [-0.2, 0) is 11.3 Å². The van der Waals surface area contributed by atoms with E-state index in [4.69, 9.17) is 0 Å². The van der Waals surface area contributed by atoms with Crippen molar-refractivity contribution >= 4 is 34.2 Å². The molecule has 1 aliphatic rings. The predicted octanol–water partition coefficient (Wildman–Crippen LogP) is 4.07. The van der Waals surface area contributed by atoms with Crippen molar-refractivity contribution in [2.24, 2.45) is 0 Å². The lowest BCUT2D eigenvalue weighted by molar-refractivity contribution is -0.384. The number of nitro benzene ring substituents is 1. The van der Waals surface area contributed by atoms with Gasteiger partial charge in [0.1, 0.15) is 0 Å². The van der Waals surface area contributed by atoms with E-state index in [1.54, 1.807) is 16.9 Å². The number of rotatable bonds is 6. The molecule has 1 amide bonds. The fraction of sp³-hybridized carbons (Fsp3) is 0.0400. The number of amides is 1. The van der Waals surface area contributed by atoms with Crippen LogP contribution in [0.3, 0.4) is 0 Å². The van der Waals surface area contributed by atoms with Gasteiger partial charge in [-0.2, -0.15) is 0 Å². The lowest BCUT2D eigenvalue weighted by Crippen LogP contribution is -2.10. The molecule has 0 fully saturated rings. The lowest BCUT2D eigenvalue weighted by Gasteiger charge is -2.15. The quantitative estimate of drug-likeness (QED) is 0.231. The molecule has 0 spiro atoms. The van der Waals surface area contributed by atoms with Crippen LogP contribution >= 0.6 is 0 Å². The molecule has 0 radical (unpaired) electrons. The average molecular weight is 453 g/mol. The van der Waals surface area contributed by atoms with Crippen LogP contribution < -0.4 is 16.2 Å². The molecule has 9 heteroatoms. The second-order valence-corrected chi connectivity index (χ2v) is 7.80. The number of aromatic nitrogens is 2. The van der Waals surface area contributed by atoms with Gasteiger partial charge in [0.05, 0.1) is 22.7 Å². The average Bonchev–Trinajstić information content (AvgIpc) is 3.40. The molecular formula is C25H19N5O4. The van der Waals surface area contributed by atoms with Crippen molar-refractivity contribution in [1.82, 2.24) is 9.78 Å². The highest BCUT2D eigenvalue weighted by Gasteiger charge is 2.30. The second-order valence-electron chi connectivity index (χ2n) is 7.80. The van der Waals surface area contributed by atoms with Crippen LogP contribution in [0.15, 0.2) is 89.9 Å². The molecule has 9 nitrogen and oxygen atoms in total. The van der Waals surface area contributed by atoms with Gasteiger partial charge in [-0.3, -0.25) is 29.5 Å². The van der Waals surface area contributed by atoms with E-state index in [1.807, 2.05) is 54.6 Å². The Kier molecular flexibility index (Phi) is 5.27. The summed E-state index contributed by atoms with van der Waals surface area (Å²) in [6.45, 7) is 0.509. The molecule has 4 aromatic rings. The number of nitro groups is 1. The molecular weight excluding hydrogens is 434 g/mol. The van der Waals surface area contributed by atoms with Crippen LogP contribution in [0.1, 0.15) is 16.7 Å². The van der Waals surface area contributed by atoms with E-state index in [9.17, 15) is 19.7 Å². The molecule has 0 unspecified atom stereocenters. The molecule has 0 bridgehead atoms. The summed E-state index contributed by atoms with van der Waals surface area (Å²) < 4.78 is 1.69. The van der Waals surface area contributed by atoms with Crippen molar-refractivity contribution in [2.45, 2.75) is 6.54 Å². The molecule has 168 valence electrons. The van der Waals surface area contributed by atoms with Gasteiger partial charge in [0.2, 0.25) is 0 Å². The first-order valence-corrected chi connectivity index (χ1v) is 10.5. The van der Waals surface area contributed by atoms with Crippen molar-refractivity contribution in [3.63, 3.8) is 0 Å². The van der Waals surface area contributed by atoms with E-state index in [-0.39, 0.29) is 17.2 Å². The van der Waals surface area contributed by atoms with Crippen molar-refractivity contribution in [2.75, 3.05) is 10.6 Å². The largest absolute Gasteiger partial charge is 0.354 e. The number of non-ortho nitro benzene ring substituents is 1. The van der Waals surface area contributed by atoms with Gasteiger partial charge in [-0.15, -0.1) is 0 Å². The van der Waals surface area contributed by atoms with Crippen LogP contribution in [0.2, 0.25) is 0 Å². The number of nitrogens with zero attached hydrogens (tertiary/aromatic N) is 2. The van der Waals surface area contributed by atoms with Gasteiger partial charge in [0, 0.05) is 41.3 Å². The Morgan fingerprint density at radius 1 is 0.971 bits per heavy atom. The molecule has 3 N–H and O–H groups in total. The number of anilines is 2. The van der Waals surface area contributed by atoms with Crippen LogP contribution in [-0.4, -0.2) is 20.6 Å². The van der Waals surface area contributed by atoms with E-state index >= 15 is 0 Å². The van der Waals surface area contributed by atoms with Gasteiger partial charge in [-0.25, -0.2) is 0 Å². The van der Waals surface area contributed by atoms with Gasteiger partial charge >= 0.3 is 0 Å². The minimum atomic E-state index is -0.479. The summed E-state index contributed by atoms with van der Waals surface area (Å²) in [5.74, 6) is -0.338. The number of nitrogens with one attached hydrogen (secondary N) is 3. The third-order valence-electron chi connectivity index (χ3n) is 5.51. The number of fused-ring (bicyclic) bond motifs is 1. The summed E-state index contributed by atoms with van der Waals surface area (Å²) in [5, 5.41) is 20.2. The summed E-state index contributed by atoms with van der Waals surface area (Å²) in [7, 11) is 0. The first-order chi connectivity index (χ1) is 16.5. The summed E-state index contributed by atoms with van der Waals surface area (Å²) in [6.07, 6.45) is 1.68. The maximum Gasteiger partial charge on any atom is 0.270 e. The third kappa shape index (κ3) is 4.09. The van der Waals surface area contributed by atoms with E-state index in [2.05, 4.69) is 15.7 Å². The Balaban J connectivity index is 1.54. The lowest BCUT2D eigenvalue weighted by atomic mass is 9.99. The normalized spacial score (nSPS) is 13.8. The fourth-order valence-electron chi connectivity index (χ4n) is 3.90. The zero-order valence-corrected chi connectivity index (χ0v) is 17.8. The standard InChI is InChI=1S/C25H19N5O4/c31-22-12-13-29(28-22)15-16-6-8-18(9-7-16)26-24(17-4-2-1-3-5-17)23-20-14-19(30(33)34)10-11-21(20)27-25(23)32/h1-14,26H,15H2,(H,27,32)(H,28,31)/b24-23-. The molecule has 3 aromatic carbocycles. The van der Waals surface area contributed by atoms with Crippen molar-refractivity contribution in [1.29, 1.82) is 0 Å². The molecule has 0 saturated carbocycles. The maximum absolute atomic E-state index is 13.0. The van der Waals surface area contributed by atoms with Crippen molar-refractivity contribution in [3.05, 3.63) is 122 Å². The van der Waals surface area contributed by atoms with E-state index < -0.39 is 4.92 Å². The number of carbonyl (C=O) groups is 1. The van der Waals surface area contributed by atoms with Crippen LogP contribution in [0.5, 0.6) is 0 Å². The molecule has 2 heterocycles. The first kappa shape index (κ1) is 21.0. The van der Waals surface area contributed by atoms with Crippen molar-refractivity contribution < 1.29 is 9.72 Å². The van der Waals surface area contributed by atoms with Gasteiger partial charge in [0.15, 0.2) is 0 Å². The Morgan fingerprint density at radius 2 is 1.74 bits per heavy atom. The predicted molar refractivity (Wildman–Crippen MR) is 129 cm³/mol. The Labute approximate surface area is 193 Å². The third-order valence-corrected chi connectivity index (χ3v) is 5.51. The molecule has 0 atom stereocenters. The number of benzene rings is 3. The summed E-state index contributed by atoms with van der Waals surface area (Å²) in [4.78, 5) is 35.1. The number of aromatic amines is 1. The van der Waals surface area contributed by atoms with Crippen LogP contribution in [0, 0.1) is 10.1 Å². The molecule has 1 aromatic heterocycles. The Bertz CT molecular complexity index is 1480. The highest BCUT2D eigenvalue weighted by Crippen LogP contribution is 2.39. The van der Waals surface area contributed by atoms with Crippen molar-refractivity contribution in [3.8, 4) is 0 Å². The monoisotopic (exact) mass is 453 g/mol. The van der Waals surface area contributed by atoms with Crippen LogP contribution in [0.4, 0.5) is 17.1 Å². The highest BCUT2D eigenvalue weighted by atomic mass is 16.6. The zero-order valence-electron chi connectivity index (χ0n) is 17.8.